The van der Waals surface area contributed by atoms with Gasteiger partial charge in [0, 0.05) is 42.0 Å². The summed E-state index contributed by atoms with van der Waals surface area (Å²) in [5, 5.41) is 0. The number of carbonyl (C=O) groups is 2. The molecule has 36 heavy (non-hydrogen) atoms. The van der Waals surface area contributed by atoms with E-state index in [1.807, 2.05) is 60.4 Å². The third kappa shape index (κ3) is 7.28. The van der Waals surface area contributed by atoms with Crippen molar-refractivity contribution in [3.63, 3.8) is 0 Å². The second-order valence-electron chi connectivity index (χ2n) is 9.42. The van der Waals surface area contributed by atoms with Gasteiger partial charge < -0.3 is 14.5 Å². The Kier molecular flexibility index (Phi) is 9.31. The summed E-state index contributed by atoms with van der Waals surface area (Å²) in [6, 6.07) is 24.4. The summed E-state index contributed by atoms with van der Waals surface area (Å²) in [5.74, 6) is 0.263. The molecule has 2 unspecified atom stereocenters. The third-order valence-corrected chi connectivity index (χ3v) is 7.59. The van der Waals surface area contributed by atoms with Gasteiger partial charge in [0.25, 0.3) is 0 Å². The van der Waals surface area contributed by atoms with Crippen molar-refractivity contribution in [2.24, 2.45) is 5.92 Å². The number of aryl methyl sites for hydroxylation is 1. The molecule has 0 N–H and O–H groups in total. The fraction of sp³-hybridized carbons (Fsp3) is 0.400. The van der Waals surface area contributed by atoms with E-state index in [9.17, 15) is 9.59 Å². The summed E-state index contributed by atoms with van der Waals surface area (Å²) in [6.07, 6.45) is 1.57. The Balaban J connectivity index is 1.47. The standard InChI is InChI=1S/C30H36N2O3S/c1-3-35-18-10-17-31(30(34)28-19-27(28)25-13-8-5-9-14-25)22-29(33)32(20-24-11-6-4-7-12-24)21-26-16-15-23(2)36-26/h4-9,11-16,27-28H,3,10,17-22H2,1-2H3. The Morgan fingerprint density at radius 3 is 2.33 bits per heavy atom. The Hall–Kier alpha value is -2.96. The largest absolute Gasteiger partial charge is 0.382 e. The molecule has 1 aliphatic carbocycles. The zero-order valence-corrected chi connectivity index (χ0v) is 22.1. The molecule has 0 spiro atoms. The number of nitrogens with zero attached hydrogens (tertiary/aromatic N) is 2. The van der Waals surface area contributed by atoms with Crippen LogP contribution in [0.15, 0.2) is 72.8 Å². The number of thiophene rings is 1. The molecular weight excluding hydrogens is 468 g/mol. The van der Waals surface area contributed by atoms with E-state index in [0.29, 0.717) is 32.8 Å². The normalized spacial score (nSPS) is 16.5. The number of ether oxygens (including phenoxy) is 1. The lowest BCUT2D eigenvalue weighted by molar-refractivity contribution is -0.142. The minimum Gasteiger partial charge on any atom is -0.382 e. The molecule has 6 heteroatoms. The molecule has 1 heterocycles. The van der Waals surface area contributed by atoms with Crippen molar-refractivity contribution >= 4 is 23.2 Å². The number of hydrogen-bond donors (Lipinski definition) is 0. The predicted octanol–water partition coefficient (Wildman–Crippen LogP) is 5.64. The second kappa shape index (κ2) is 12.8. The summed E-state index contributed by atoms with van der Waals surface area (Å²) < 4.78 is 5.51. The minimum atomic E-state index is -0.0465. The van der Waals surface area contributed by atoms with Crippen molar-refractivity contribution in [1.29, 1.82) is 0 Å². The zero-order chi connectivity index (χ0) is 25.3. The SMILES string of the molecule is CCOCCCN(CC(=O)N(Cc1ccccc1)Cc1ccc(C)s1)C(=O)C1CC1c1ccccc1. The summed E-state index contributed by atoms with van der Waals surface area (Å²) in [5.41, 5.74) is 2.29. The Labute approximate surface area is 218 Å². The number of benzene rings is 2. The van der Waals surface area contributed by atoms with Crippen molar-refractivity contribution < 1.29 is 14.3 Å². The van der Waals surface area contributed by atoms with Crippen LogP contribution in [-0.2, 0) is 27.4 Å². The quantitative estimate of drug-likeness (QED) is 0.283. The monoisotopic (exact) mass is 504 g/mol. The van der Waals surface area contributed by atoms with Gasteiger partial charge in [-0.3, -0.25) is 9.59 Å². The van der Waals surface area contributed by atoms with Crippen molar-refractivity contribution in [1.82, 2.24) is 9.80 Å². The highest BCUT2D eigenvalue weighted by atomic mass is 32.1. The molecule has 1 aromatic heterocycles. The average molecular weight is 505 g/mol. The van der Waals surface area contributed by atoms with Gasteiger partial charge >= 0.3 is 0 Å². The Morgan fingerprint density at radius 2 is 1.67 bits per heavy atom. The fourth-order valence-electron chi connectivity index (χ4n) is 4.60. The molecule has 5 nitrogen and oxygen atoms in total. The van der Waals surface area contributed by atoms with Gasteiger partial charge in [0.1, 0.15) is 0 Å². The van der Waals surface area contributed by atoms with E-state index >= 15 is 0 Å². The summed E-state index contributed by atoms with van der Waals surface area (Å²) in [4.78, 5) is 33.2. The van der Waals surface area contributed by atoms with Crippen LogP contribution in [0.25, 0.3) is 0 Å². The van der Waals surface area contributed by atoms with Crippen molar-refractivity contribution in [2.75, 3.05) is 26.3 Å². The lowest BCUT2D eigenvalue weighted by atomic mass is 10.1. The maximum absolute atomic E-state index is 13.7. The molecule has 1 fully saturated rings. The highest BCUT2D eigenvalue weighted by molar-refractivity contribution is 7.11. The van der Waals surface area contributed by atoms with Gasteiger partial charge in [0.2, 0.25) is 11.8 Å². The first-order valence-corrected chi connectivity index (χ1v) is 13.6. The van der Waals surface area contributed by atoms with E-state index in [0.717, 1.165) is 23.3 Å². The van der Waals surface area contributed by atoms with Crippen LogP contribution in [0.5, 0.6) is 0 Å². The van der Waals surface area contributed by atoms with Crippen molar-refractivity contribution in [2.45, 2.75) is 45.7 Å². The highest BCUT2D eigenvalue weighted by Crippen LogP contribution is 2.48. The first kappa shape index (κ1) is 26.1. The molecule has 2 aromatic carbocycles. The van der Waals surface area contributed by atoms with E-state index in [-0.39, 0.29) is 30.2 Å². The fourth-order valence-corrected chi connectivity index (χ4v) is 5.50. The molecule has 0 aliphatic heterocycles. The number of carbonyl (C=O) groups excluding carboxylic acids is 2. The van der Waals surface area contributed by atoms with E-state index in [1.54, 1.807) is 16.2 Å². The molecule has 0 radical (unpaired) electrons. The van der Waals surface area contributed by atoms with E-state index in [2.05, 4.69) is 31.2 Å². The number of rotatable bonds is 13. The molecule has 190 valence electrons. The molecule has 0 bridgehead atoms. The van der Waals surface area contributed by atoms with Gasteiger partial charge in [-0.2, -0.15) is 0 Å². The molecule has 3 aromatic rings. The first-order chi connectivity index (χ1) is 17.5. The smallest absolute Gasteiger partial charge is 0.242 e. The summed E-state index contributed by atoms with van der Waals surface area (Å²) in [6.45, 7) is 6.97. The lowest BCUT2D eigenvalue weighted by Gasteiger charge is -2.28. The van der Waals surface area contributed by atoms with Crippen LogP contribution in [0.1, 0.15) is 46.6 Å². The highest BCUT2D eigenvalue weighted by Gasteiger charge is 2.46. The molecular formula is C30H36N2O3S. The van der Waals surface area contributed by atoms with Crippen LogP contribution in [0, 0.1) is 12.8 Å². The number of amides is 2. The second-order valence-corrected chi connectivity index (χ2v) is 10.8. The van der Waals surface area contributed by atoms with Gasteiger partial charge in [-0.05, 0) is 55.9 Å². The van der Waals surface area contributed by atoms with Gasteiger partial charge in [-0.25, -0.2) is 0 Å². The maximum Gasteiger partial charge on any atom is 0.242 e. The van der Waals surface area contributed by atoms with Gasteiger partial charge in [-0.15, -0.1) is 11.3 Å². The van der Waals surface area contributed by atoms with E-state index in [1.165, 1.54) is 10.4 Å². The lowest BCUT2D eigenvalue weighted by Crippen LogP contribution is -2.43. The topological polar surface area (TPSA) is 49.9 Å². The van der Waals surface area contributed by atoms with Crippen LogP contribution < -0.4 is 0 Å². The van der Waals surface area contributed by atoms with E-state index in [4.69, 9.17) is 4.74 Å². The average Bonchev–Trinajstić information content (AvgIpc) is 3.60. The van der Waals surface area contributed by atoms with Gasteiger partial charge in [0.15, 0.2) is 0 Å². The molecule has 2 atom stereocenters. The third-order valence-electron chi connectivity index (χ3n) is 6.61. The van der Waals surface area contributed by atoms with Crippen molar-refractivity contribution in [3.05, 3.63) is 93.7 Å². The maximum atomic E-state index is 13.7. The summed E-state index contributed by atoms with van der Waals surface area (Å²) >= 11 is 1.71. The number of hydrogen-bond acceptors (Lipinski definition) is 4. The van der Waals surface area contributed by atoms with Crippen LogP contribution in [-0.4, -0.2) is 47.9 Å². The van der Waals surface area contributed by atoms with Crippen LogP contribution in [0.2, 0.25) is 0 Å². The zero-order valence-electron chi connectivity index (χ0n) is 21.3. The molecule has 0 saturated heterocycles. The molecule has 2 amide bonds. The Morgan fingerprint density at radius 1 is 0.944 bits per heavy atom. The van der Waals surface area contributed by atoms with Crippen LogP contribution in [0.3, 0.4) is 0 Å². The van der Waals surface area contributed by atoms with Crippen LogP contribution in [0.4, 0.5) is 0 Å². The van der Waals surface area contributed by atoms with Gasteiger partial charge in [-0.1, -0.05) is 60.7 Å². The van der Waals surface area contributed by atoms with E-state index < -0.39 is 0 Å². The van der Waals surface area contributed by atoms with Crippen molar-refractivity contribution in [3.8, 4) is 0 Å². The van der Waals surface area contributed by atoms with Gasteiger partial charge in [0.05, 0.1) is 13.1 Å². The summed E-state index contributed by atoms with van der Waals surface area (Å²) in [7, 11) is 0. The Bertz CT molecular complexity index is 1120. The minimum absolute atomic E-state index is 0.0217. The molecule has 1 saturated carbocycles. The first-order valence-electron chi connectivity index (χ1n) is 12.8. The molecule has 4 rings (SSSR count). The molecule has 1 aliphatic rings. The predicted molar refractivity (Wildman–Crippen MR) is 145 cm³/mol. The van der Waals surface area contributed by atoms with Crippen LogP contribution >= 0.6 is 11.3 Å².